The molecule has 10 heteroatoms. The second-order valence-corrected chi connectivity index (χ2v) is 8.19. The Hall–Kier alpha value is -3.79. The maximum Gasteiger partial charge on any atom is 0.314 e. The molecular weight excluding hydrogens is 420 g/mol. The highest BCUT2D eigenvalue weighted by Crippen LogP contribution is 2.16. The van der Waals surface area contributed by atoms with Gasteiger partial charge in [0.05, 0.1) is 17.9 Å². The predicted molar refractivity (Wildman–Crippen MR) is 125 cm³/mol. The van der Waals surface area contributed by atoms with E-state index in [1.54, 1.807) is 23.0 Å². The molecule has 172 valence electrons. The van der Waals surface area contributed by atoms with Gasteiger partial charge in [-0.05, 0) is 39.1 Å². The van der Waals surface area contributed by atoms with Crippen molar-refractivity contribution in [3.63, 3.8) is 0 Å². The maximum atomic E-state index is 12.4. The first-order valence-electron chi connectivity index (χ1n) is 10.9. The lowest BCUT2D eigenvalue weighted by Crippen LogP contribution is -2.45. The minimum absolute atomic E-state index is 0.131. The molecule has 0 aliphatic carbocycles. The number of benzene rings is 1. The van der Waals surface area contributed by atoms with E-state index >= 15 is 0 Å². The number of carbonyl (C=O) groups is 2. The lowest BCUT2D eigenvalue weighted by molar-refractivity contribution is -0.136. The zero-order chi connectivity index (χ0) is 23.4. The summed E-state index contributed by atoms with van der Waals surface area (Å²) in [7, 11) is 2.09. The average molecular weight is 449 g/mol. The zero-order valence-corrected chi connectivity index (χ0v) is 19.1. The normalized spacial score (nSPS) is 14.2. The van der Waals surface area contributed by atoms with Gasteiger partial charge in [0.15, 0.2) is 5.82 Å². The van der Waals surface area contributed by atoms with Crippen LogP contribution in [0.1, 0.15) is 17.0 Å². The Morgan fingerprint density at radius 1 is 1.00 bits per heavy atom. The lowest BCUT2D eigenvalue weighted by atomic mass is 10.2. The van der Waals surface area contributed by atoms with Crippen molar-refractivity contribution in [2.45, 2.75) is 20.4 Å². The molecule has 0 atom stereocenters. The summed E-state index contributed by atoms with van der Waals surface area (Å²) in [5.74, 6) is -0.585. The highest BCUT2D eigenvalue weighted by Gasteiger charge is 2.18. The van der Waals surface area contributed by atoms with Crippen molar-refractivity contribution in [3.8, 4) is 5.69 Å². The van der Waals surface area contributed by atoms with Crippen LogP contribution in [0.25, 0.3) is 5.69 Å². The number of aryl methyl sites for hydroxylation is 2. The molecule has 33 heavy (non-hydrogen) atoms. The smallest absolute Gasteiger partial charge is 0.314 e. The largest absolute Gasteiger partial charge is 0.342 e. The molecule has 10 nitrogen and oxygen atoms in total. The van der Waals surface area contributed by atoms with Crippen LogP contribution in [0.4, 0.5) is 11.8 Å². The number of hydrogen-bond acceptors (Lipinski definition) is 7. The first-order valence-corrected chi connectivity index (χ1v) is 10.9. The summed E-state index contributed by atoms with van der Waals surface area (Å²) in [5.41, 5.74) is 3.50. The molecule has 0 bridgehead atoms. The van der Waals surface area contributed by atoms with Crippen molar-refractivity contribution in [1.82, 2.24) is 30.0 Å². The van der Waals surface area contributed by atoms with Crippen LogP contribution in [0.15, 0.2) is 42.6 Å². The van der Waals surface area contributed by atoms with Crippen molar-refractivity contribution in [2.75, 3.05) is 43.4 Å². The molecule has 3 heterocycles. The van der Waals surface area contributed by atoms with E-state index in [1.807, 2.05) is 38.1 Å². The van der Waals surface area contributed by atoms with E-state index in [4.69, 9.17) is 0 Å². The number of aromatic nitrogens is 4. The summed E-state index contributed by atoms with van der Waals surface area (Å²) in [4.78, 5) is 37.9. The molecule has 4 rings (SSSR count). The first kappa shape index (κ1) is 22.4. The highest BCUT2D eigenvalue weighted by atomic mass is 16.2. The number of rotatable bonds is 5. The Labute approximate surface area is 192 Å². The van der Waals surface area contributed by atoms with Crippen LogP contribution in [-0.4, -0.2) is 69.7 Å². The second-order valence-electron chi connectivity index (χ2n) is 8.19. The van der Waals surface area contributed by atoms with Crippen molar-refractivity contribution >= 4 is 23.6 Å². The van der Waals surface area contributed by atoms with E-state index in [-0.39, 0.29) is 6.54 Å². The second kappa shape index (κ2) is 9.78. The number of hydrogen-bond donors (Lipinski definition) is 2. The summed E-state index contributed by atoms with van der Waals surface area (Å²) < 4.78 is 1.72. The van der Waals surface area contributed by atoms with Crippen LogP contribution >= 0.6 is 0 Å². The standard InChI is InChI=1S/C23H28N8O2/c1-16-4-6-19(7-5-16)31-17(2)14-20(28-31)27-22(33)21(32)25-15-18-8-9-24-23(26-18)30-12-10-29(3)11-13-30/h4-9,14H,10-13,15H2,1-3H3,(H,25,32)(H,27,28,33). The molecule has 3 aromatic rings. The van der Waals surface area contributed by atoms with E-state index < -0.39 is 11.8 Å². The summed E-state index contributed by atoms with van der Waals surface area (Å²) in [6.45, 7) is 7.63. The van der Waals surface area contributed by atoms with Gasteiger partial charge in [0, 0.05) is 44.1 Å². The Balaban J connectivity index is 1.33. The first-order chi connectivity index (χ1) is 15.9. The summed E-state index contributed by atoms with van der Waals surface area (Å²) in [6.07, 6.45) is 1.67. The Bertz CT molecular complexity index is 1130. The van der Waals surface area contributed by atoms with Gasteiger partial charge in [-0.25, -0.2) is 14.6 Å². The SMILES string of the molecule is Cc1ccc(-n2nc(NC(=O)C(=O)NCc3ccnc(N4CCN(C)CC4)n3)cc2C)cc1. The number of piperazine rings is 1. The van der Waals surface area contributed by atoms with Gasteiger partial charge in [-0.1, -0.05) is 17.7 Å². The van der Waals surface area contributed by atoms with Crippen LogP contribution in [0.5, 0.6) is 0 Å². The van der Waals surface area contributed by atoms with Crippen molar-refractivity contribution in [1.29, 1.82) is 0 Å². The van der Waals surface area contributed by atoms with Gasteiger partial charge < -0.3 is 20.4 Å². The number of nitrogens with one attached hydrogen (secondary N) is 2. The van der Waals surface area contributed by atoms with Crippen molar-refractivity contribution in [3.05, 3.63) is 59.5 Å². The maximum absolute atomic E-state index is 12.4. The fourth-order valence-corrected chi connectivity index (χ4v) is 3.55. The van der Waals surface area contributed by atoms with Crippen LogP contribution in [0, 0.1) is 13.8 Å². The molecule has 0 radical (unpaired) electrons. The number of amides is 2. The van der Waals surface area contributed by atoms with E-state index in [9.17, 15) is 9.59 Å². The Kier molecular flexibility index (Phi) is 6.64. The predicted octanol–water partition coefficient (Wildman–Crippen LogP) is 1.29. The molecule has 0 unspecified atom stereocenters. The van der Waals surface area contributed by atoms with E-state index in [0.29, 0.717) is 17.5 Å². The zero-order valence-electron chi connectivity index (χ0n) is 19.1. The monoisotopic (exact) mass is 448 g/mol. The van der Waals surface area contributed by atoms with Crippen molar-refractivity contribution in [2.24, 2.45) is 0 Å². The minimum Gasteiger partial charge on any atom is -0.342 e. The van der Waals surface area contributed by atoms with Gasteiger partial charge in [-0.2, -0.15) is 0 Å². The Morgan fingerprint density at radius 3 is 2.45 bits per heavy atom. The number of likely N-dealkylation sites (N-methyl/N-ethyl adjacent to an activating group) is 1. The minimum atomic E-state index is -0.781. The third-order valence-corrected chi connectivity index (χ3v) is 5.53. The number of nitrogens with zero attached hydrogens (tertiary/aromatic N) is 6. The molecule has 1 fully saturated rings. The van der Waals surface area contributed by atoms with Crippen LogP contribution in [0.2, 0.25) is 0 Å². The number of anilines is 2. The summed E-state index contributed by atoms with van der Waals surface area (Å²) in [5, 5.41) is 9.57. The third-order valence-electron chi connectivity index (χ3n) is 5.53. The fourth-order valence-electron chi connectivity index (χ4n) is 3.55. The third kappa shape index (κ3) is 5.53. The molecular formula is C23H28N8O2. The van der Waals surface area contributed by atoms with Gasteiger partial charge in [0.2, 0.25) is 5.95 Å². The summed E-state index contributed by atoms with van der Waals surface area (Å²) in [6, 6.07) is 11.3. The van der Waals surface area contributed by atoms with Gasteiger partial charge in [0.1, 0.15) is 0 Å². The molecule has 2 N–H and O–H groups in total. The number of carbonyl (C=O) groups excluding carboxylic acids is 2. The molecule has 0 saturated carbocycles. The quantitative estimate of drug-likeness (QED) is 0.566. The molecule has 1 aliphatic heterocycles. The van der Waals surface area contributed by atoms with Gasteiger partial charge in [0.25, 0.3) is 0 Å². The highest BCUT2D eigenvalue weighted by molar-refractivity contribution is 6.39. The molecule has 2 amide bonds. The van der Waals surface area contributed by atoms with E-state index in [1.165, 1.54) is 0 Å². The van der Waals surface area contributed by atoms with Crippen molar-refractivity contribution < 1.29 is 9.59 Å². The molecule has 1 aliphatic rings. The van der Waals surface area contributed by atoms with Crippen LogP contribution in [0.3, 0.4) is 0 Å². The molecule has 0 spiro atoms. The lowest BCUT2D eigenvalue weighted by Gasteiger charge is -2.32. The van der Waals surface area contributed by atoms with Gasteiger partial charge in [-0.3, -0.25) is 9.59 Å². The van der Waals surface area contributed by atoms with Crippen LogP contribution in [-0.2, 0) is 16.1 Å². The van der Waals surface area contributed by atoms with Gasteiger partial charge >= 0.3 is 11.8 Å². The topological polar surface area (TPSA) is 108 Å². The molecule has 1 aromatic carbocycles. The van der Waals surface area contributed by atoms with E-state index in [0.717, 1.165) is 43.1 Å². The average Bonchev–Trinajstić information content (AvgIpc) is 3.18. The fraction of sp³-hybridized carbons (Fsp3) is 0.348. The summed E-state index contributed by atoms with van der Waals surface area (Å²) >= 11 is 0. The molecule has 1 saturated heterocycles. The molecule has 2 aromatic heterocycles. The van der Waals surface area contributed by atoms with Crippen LogP contribution < -0.4 is 15.5 Å². The van der Waals surface area contributed by atoms with E-state index in [2.05, 4.69) is 42.5 Å². The Morgan fingerprint density at radius 2 is 1.73 bits per heavy atom. The van der Waals surface area contributed by atoms with Gasteiger partial charge in [-0.15, -0.1) is 5.10 Å².